The lowest BCUT2D eigenvalue weighted by Gasteiger charge is -2.21. The zero-order chi connectivity index (χ0) is 20.6. The maximum atomic E-state index is 12.3. The highest BCUT2D eigenvalue weighted by atomic mass is 32.2. The molecule has 1 heterocycles. The SMILES string of the molecule is O=C(CSc1nnc(CC2CCCCC2)n1-c1ccccc1)OCc1ccccc1. The molecule has 0 unspecified atom stereocenters. The minimum atomic E-state index is -0.250. The fourth-order valence-electron chi connectivity index (χ4n) is 3.92. The number of hydrogen-bond acceptors (Lipinski definition) is 5. The Hall–Kier alpha value is -2.60. The molecule has 0 saturated heterocycles. The number of hydrogen-bond donors (Lipinski definition) is 0. The van der Waals surface area contributed by atoms with Gasteiger partial charge >= 0.3 is 5.97 Å². The lowest BCUT2D eigenvalue weighted by molar-refractivity contribution is -0.141. The van der Waals surface area contributed by atoms with Gasteiger partial charge in [0.05, 0.1) is 5.75 Å². The van der Waals surface area contributed by atoms with Crippen molar-refractivity contribution in [1.82, 2.24) is 14.8 Å². The number of carbonyl (C=O) groups excluding carboxylic acids is 1. The molecule has 6 heteroatoms. The first kappa shape index (κ1) is 20.7. The molecule has 5 nitrogen and oxygen atoms in total. The van der Waals surface area contributed by atoms with Gasteiger partial charge in [0.15, 0.2) is 5.16 Å². The molecule has 1 saturated carbocycles. The van der Waals surface area contributed by atoms with Crippen molar-refractivity contribution in [3.63, 3.8) is 0 Å². The third-order valence-electron chi connectivity index (χ3n) is 5.47. The summed E-state index contributed by atoms with van der Waals surface area (Å²) >= 11 is 1.38. The van der Waals surface area contributed by atoms with Crippen LogP contribution in [0, 0.1) is 5.92 Å². The second-order valence-electron chi connectivity index (χ2n) is 7.71. The van der Waals surface area contributed by atoms with Gasteiger partial charge in [-0.2, -0.15) is 0 Å². The molecule has 4 rings (SSSR count). The molecule has 0 radical (unpaired) electrons. The number of carbonyl (C=O) groups is 1. The molecule has 1 fully saturated rings. The average molecular weight is 422 g/mol. The van der Waals surface area contributed by atoms with Crippen molar-refractivity contribution in [2.75, 3.05) is 5.75 Å². The Balaban J connectivity index is 1.43. The van der Waals surface area contributed by atoms with Crippen LogP contribution in [0.15, 0.2) is 65.8 Å². The fourth-order valence-corrected chi connectivity index (χ4v) is 4.68. The van der Waals surface area contributed by atoms with Gasteiger partial charge in [-0.15, -0.1) is 10.2 Å². The number of rotatable bonds is 8. The van der Waals surface area contributed by atoms with Crippen molar-refractivity contribution < 1.29 is 9.53 Å². The molecule has 156 valence electrons. The van der Waals surface area contributed by atoms with Gasteiger partial charge in [-0.1, -0.05) is 92.4 Å². The predicted octanol–water partition coefficient (Wildman–Crippen LogP) is 5.23. The number of nitrogens with zero attached hydrogens (tertiary/aromatic N) is 3. The Labute approximate surface area is 181 Å². The maximum Gasteiger partial charge on any atom is 0.316 e. The van der Waals surface area contributed by atoms with E-state index in [0.29, 0.717) is 12.5 Å². The summed E-state index contributed by atoms with van der Waals surface area (Å²) in [6.07, 6.45) is 7.40. The van der Waals surface area contributed by atoms with E-state index in [2.05, 4.69) is 26.9 Å². The summed E-state index contributed by atoms with van der Waals surface area (Å²) in [5.41, 5.74) is 2.02. The second-order valence-corrected chi connectivity index (χ2v) is 8.66. The smallest absolute Gasteiger partial charge is 0.316 e. The first-order valence-corrected chi connectivity index (χ1v) is 11.6. The van der Waals surface area contributed by atoms with E-state index in [9.17, 15) is 4.79 Å². The average Bonchev–Trinajstić information content (AvgIpc) is 3.20. The summed E-state index contributed by atoms with van der Waals surface area (Å²) in [5.74, 6) is 1.61. The molecule has 0 N–H and O–H groups in total. The van der Waals surface area contributed by atoms with E-state index in [4.69, 9.17) is 4.74 Å². The van der Waals surface area contributed by atoms with E-state index in [1.165, 1.54) is 43.9 Å². The Morgan fingerprint density at radius 2 is 1.67 bits per heavy atom. The Kier molecular flexibility index (Phi) is 7.19. The topological polar surface area (TPSA) is 57.0 Å². The molecule has 0 aliphatic heterocycles. The van der Waals surface area contributed by atoms with Crippen LogP contribution in [-0.2, 0) is 22.6 Å². The minimum Gasteiger partial charge on any atom is -0.460 e. The quantitative estimate of drug-likeness (QED) is 0.368. The van der Waals surface area contributed by atoms with E-state index in [1.54, 1.807) is 0 Å². The predicted molar refractivity (Wildman–Crippen MR) is 119 cm³/mol. The lowest BCUT2D eigenvalue weighted by Crippen LogP contribution is -2.13. The molecule has 1 aromatic heterocycles. The van der Waals surface area contributed by atoms with Crippen LogP contribution >= 0.6 is 11.8 Å². The summed E-state index contributed by atoms with van der Waals surface area (Å²) < 4.78 is 7.51. The van der Waals surface area contributed by atoms with Gasteiger partial charge in [-0.05, 0) is 23.6 Å². The summed E-state index contributed by atoms with van der Waals surface area (Å²) in [6, 6.07) is 19.9. The normalized spacial score (nSPS) is 14.5. The minimum absolute atomic E-state index is 0.210. The molecule has 0 spiro atoms. The van der Waals surface area contributed by atoms with Gasteiger partial charge in [-0.25, -0.2) is 0 Å². The summed E-state index contributed by atoms with van der Waals surface area (Å²) in [5, 5.41) is 9.65. The molecule has 0 bridgehead atoms. The van der Waals surface area contributed by atoms with Crippen molar-refractivity contribution in [3.05, 3.63) is 72.1 Å². The Morgan fingerprint density at radius 1 is 0.967 bits per heavy atom. The van der Waals surface area contributed by atoms with Gasteiger partial charge < -0.3 is 4.74 Å². The van der Waals surface area contributed by atoms with E-state index < -0.39 is 0 Å². The third kappa shape index (κ3) is 5.51. The van der Waals surface area contributed by atoms with Crippen LogP contribution in [0.3, 0.4) is 0 Å². The zero-order valence-electron chi connectivity index (χ0n) is 17.1. The molecule has 30 heavy (non-hydrogen) atoms. The summed E-state index contributed by atoms with van der Waals surface area (Å²) in [4.78, 5) is 12.3. The highest BCUT2D eigenvalue weighted by molar-refractivity contribution is 7.99. The largest absolute Gasteiger partial charge is 0.460 e. The van der Waals surface area contributed by atoms with Gasteiger partial charge in [0.1, 0.15) is 12.4 Å². The van der Waals surface area contributed by atoms with Crippen LogP contribution in [0.4, 0.5) is 0 Å². The van der Waals surface area contributed by atoms with Crippen molar-refractivity contribution in [2.24, 2.45) is 5.92 Å². The zero-order valence-corrected chi connectivity index (χ0v) is 17.9. The standard InChI is InChI=1S/C24H27N3O2S/c28-23(29-17-20-12-6-2-7-13-20)18-30-24-26-25-22(16-19-10-4-1-5-11-19)27(24)21-14-8-3-9-15-21/h2-3,6-9,12-15,19H,1,4-5,10-11,16-18H2. The third-order valence-corrected chi connectivity index (χ3v) is 6.37. The maximum absolute atomic E-state index is 12.3. The van der Waals surface area contributed by atoms with Gasteiger partial charge in [0.2, 0.25) is 0 Å². The van der Waals surface area contributed by atoms with Crippen molar-refractivity contribution in [2.45, 2.75) is 50.3 Å². The Bertz CT molecular complexity index is 938. The van der Waals surface area contributed by atoms with Crippen LogP contribution in [0.1, 0.15) is 43.5 Å². The number of benzene rings is 2. The number of ether oxygens (including phenoxy) is 1. The Morgan fingerprint density at radius 3 is 2.40 bits per heavy atom. The number of aromatic nitrogens is 3. The molecule has 1 aliphatic carbocycles. The molecule has 1 aliphatic rings. The molecular formula is C24H27N3O2S. The highest BCUT2D eigenvalue weighted by Crippen LogP contribution is 2.29. The number of para-hydroxylation sites is 1. The second kappa shape index (κ2) is 10.4. The van der Waals surface area contributed by atoms with Crippen molar-refractivity contribution >= 4 is 17.7 Å². The molecule has 0 atom stereocenters. The van der Waals surface area contributed by atoms with Gasteiger partial charge in [0, 0.05) is 12.1 Å². The van der Waals surface area contributed by atoms with Crippen LogP contribution < -0.4 is 0 Å². The summed E-state index contributed by atoms with van der Waals surface area (Å²) in [7, 11) is 0. The molecule has 3 aromatic rings. The van der Waals surface area contributed by atoms with E-state index in [-0.39, 0.29) is 11.7 Å². The molecular weight excluding hydrogens is 394 g/mol. The summed E-state index contributed by atoms with van der Waals surface area (Å²) in [6.45, 7) is 0.290. The number of thioether (sulfide) groups is 1. The molecule has 0 amide bonds. The fraction of sp³-hybridized carbons (Fsp3) is 0.375. The van der Waals surface area contributed by atoms with E-state index in [1.807, 2.05) is 48.5 Å². The van der Waals surface area contributed by atoms with Crippen LogP contribution in [-0.4, -0.2) is 26.5 Å². The van der Waals surface area contributed by atoms with Crippen LogP contribution in [0.5, 0.6) is 0 Å². The van der Waals surface area contributed by atoms with E-state index >= 15 is 0 Å². The lowest BCUT2D eigenvalue weighted by atomic mass is 9.87. The van der Waals surface area contributed by atoms with Crippen LogP contribution in [0.25, 0.3) is 5.69 Å². The van der Waals surface area contributed by atoms with Gasteiger partial charge in [-0.3, -0.25) is 9.36 Å². The first-order valence-electron chi connectivity index (χ1n) is 10.6. The van der Waals surface area contributed by atoms with E-state index in [0.717, 1.165) is 28.7 Å². The van der Waals surface area contributed by atoms with Crippen LogP contribution in [0.2, 0.25) is 0 Å². The van der Waals surface area contributed by atoms with Crippen molar-refractivity contribution in [1.29, 1.82) is 0 Å². The van der Waals surface area contributed by atoms with Gasteiger partial charge in [0.25, 0.3) is 0 Å². The molecule has 2 aromatic carbocycles. The monoisotopic (exact) mass is 421 g/mol. The van der Waals surface area contributed by atoms with Crippen molar-refractivity contribution in [3.8, 4) is 5.69 Å². The first-order chi connectivity index (χ1) is 14.8. The highest BCUT2D eigenvalue weighted by Gasteiger charge is 2.21. The number of esters is 1.